The minimum Gasteiger partial charge on any atom is -0.308 e. The number of aliphatic imine (C=N–C) groups is 1. The maximum atomic E-state index is 13.2. The molecule has 1 aromatic heterocycles. The van der Waals surface area contributed by atoms with Gasteiger partial charge in [-0.1, -0.05) is 37.3 Å². The first-order chi connectivity index (χ1) is 18.5. The lowest BCUT2D eigenvalue weighted by molar-refractivity contribution is -0.116. The Labute approximate surface area is 228 Å². The SMILES string of the molecule is Cc1sc(NC(=O)CNCCN=C2C=CCCC2)nc1-c1ccc2c(c1)CCN2C(=O)C1=CC=CCC1C. The molecular formula is C30H35N5O2S. The number of hydrogen-bond acceptors (Lipinski definition) is 6. The molecule has 0 radical (unpaired) electrons. The van der Waals surface area contributed by atoms with E-state index < -0.39 is 0 Å². The molecule has 1 unspecified atom stereocenters. The van der Waals surface area contributed by atoms with E-state index in [1.54, 1.807) is 0 Å². The van der Waals surface area contributed by atoms with E-state index in [9.17, 15) is 9.59 Å². The molecule has 3 aliphatic rings. The highest BCUT2D eigenvalue weighted by atomic mass is 32.1. The molecule has 198 valence electrons. The van der Waals surface area contributed by atoms with E-state index >= 15 is 0 Å². The van der Waals surface area contributed by atoms with E-state index in [1.807, 2.05) is 36.1 Å². The Morgan fingerprint density at radius 3 is 2.95 bits per heavy atom. The number of rotatable bonds is 8. The molecule has 0 saturated heterocycles. The van der Waals surface area contributed by atoms with E-state index in [4.69, 9.17) is 4.98 Å². The summed E-state index contributed by atoms with van der Waals surface area (Å²) < 4.78 is 0. The predicted molar refractivity (Wildman–Crippen MR) is 156 cm³/mol. The van der Waals surface area contributed by atoms with Crippen LogP contribution in [0, 0.1) is 12.8 Å². The van der Waals surface area contributed by atoms with Gasteiger partial charge in [0.05, 0.1) is 18.8 Å². The number of allylic oxidation sites excluding steroid dienone is 5. The van der Waals surface area contributed by atoms with Crippen LogP contribution in [0.4, 0.5) is 10.8 Å². The van der Waals surface area contributed by atoms with Crippen LogP contribution in [0.5, 0.6) is 0 Å². The van der Waals surface area contributed by atoms with Gasteiger partial charge in [0.2, 0.25) is 5.91 Å². The van der Waals surface area contributed by atoms with E-state index in [0.29, 0.717) is 24.8 Å². The molecule has 38 heavy (non-hydrogen) atoms. The lowest BCUT2D eigenvalue weighted by Crippen LogP contribution is -2.32. The quantitative estimate of drug-likeness (QED) is 0.458. The summed E-state index contributed by atoms with van der Waals surface area (Å²) in [6.45, 7) is 6.38. The second-order valence-corrected chi connectivity index (χ2v) is 11.3. The summed E-state index contributed by atoms with van der Waals surface area (Å²) in [4.78, 5) is 37.9. The van der Waals surface area contributed by atoms with Crippen LogP contribution in [0.2, 0.25) is 0 Å². The Hall–Kier alpha value is -3.36. The fraction of sp³-hybridized carbons (Fsp3) is 0.400. The summed E-state index contributed by atoms with van der Waals surface area (Å²) in [6, 6.07) is 6.20. The fourth-order valence-electron chi connectivity index (χ4n) is 5.14. The van der Waals surface area contributed by atoms with E-state index in [2.05, 4.69) is 46.8 Å². The zero-order valence-corrected chi connectivity index (χ0v) is 22.9. The molecule has 2 amide bonds. The number of nitrogens with zero attached hydrogens (tertiary/aromatic N) is 3. The van der Waals surface area contributed by atoms with Crippen LogP contribution >= 0.6 is 11.3 Å². The first-order valence-corrected chi connectivity index (χ1v) is 14.3. The molecule has 2 aromatic rings. The van der Waals surface area contributed by atoms with Gasteiger partial charge in [-0.3, -0.25) is 14.6 Å². The average Bonchev–Trinajstić information content (AvgIpc) is 3.51. The van der Waals surface area contributed by atoms with Gasteiger partial charge in [0.1, 0.15) is 0 Å². The minimum atomic E-state index is -0.111. The highest BCUT2D eigenvalue weighted by molar-refractivity contribution is 7.16. The zero-order chi connectivity index (χ0) is 26.5. The molecule has 8 heteroatoms. The number of aromatic nitrogens is 1. The summed E-state index contributed by atoms with van der Waals surface area (Å²) in [6.07, 6.45) is 15.4. The molecule has 0 fully saturated rings. The highest BCUT2D eigenvalue weighted by Gasteiger charge is 2.29. The molecule has 1 aromatic carbocycles. The lowest BCUT2D eigenvalue weighted by atomic mass is 9.92. The monoisotopic (exact) mass is 529 g/mol. The number of nitrogens with one attached hydrogen (secondary N) is 2. The van der Waals surface area contributed by atoms with Gasteiger partial charge in [-0.05, 0) is 68.7 Å². The zero-order valence-electron chi connectivity index (χ0n) is 22.1. The van der Waals surface area contributed by atoms with Crippen LogP contribution < -0.4 is 15.5 Å². The lowest BCUT2D eigenvalue weighted by Gasteiger charge is -2.23. The van der Waals surface area contributed by atoms with Crippen molar-refractivity contribution in [3.63, 3.8) is 0 Å². The van der Waals surface area contributed by atoms with Crippen molar-refractivity contribution in [1.82, 2.24) is 10.3 Å². The van der Waals surface area contributed by atoms with Crippen LogP contribution in [0.25, 0.3) is 11.3 Å². The normalized spacial score (nSPS) is 19.5. The van der Waals surface area contributed by atoms with Crippen LogP contribution in [0.15, 0.2) is 59.1 Å². The molecule has 1 atom stereocenters. The number of amides is 2. The van der Waals surface area contributed by atoms with Crippen LogP contribution in [0.3, 0.4) is 0 Å². The number of fused-ring (bicyclic) bond motifs is 1. The molecular weight excluding hydrogens is 494 g/mol. The van der Waals surface area contributed by atoms with Gasteiger partial charge in [0, 0.05) is 40.5 Å². The number of carbonyl (C=O) groups excluding carboxylic acids is 2. The second kappa shape index (κ2) is 12.0. The third-order valence-electron chi connectivity index (χ3n) is 7.22. The third-order valence-corrected chi connectivity index (χ3v) is 8.11. The van der Waals surface area contributed by atoms with Crippen LogP contribution in [-0.2, 0) is 16.0 Å². The first-order valence-electron chi connectivity index (χ1n) is 13.5. The highest BCUT2D eigenvalue weighted by Crippen LogP contribution is 2.37. The number of thiazole rings is 1. The van der Waals surface area contributed by atoms with Gasteiger partial charge in [0.15, 0.2) is 5.13 Å². The molecule has 1 aliphatic heterocycles. The largest absolute Gasteiger partial charge is 0.308 e. The van der Waals surface area contributed by atoms with Gasteiger partial charge in [-0.15, -0.1) is 11.3 Å². The summed E-state index contributed by atoms with van der Waals surface area (Å²) in [7, 11) is 0. The van der Waals surface area contributed by atoms with Gasteiger partial charge in [-0.2, -0.15) is 0 Å². The Bertz CT molecular complexity index is 1340. The number of carbonyl (C=O) groups is 2. The topological polar surface area (TPSA) is 86.7 Å². The summed E-state index contributed by atoms with van der Waals surface area (Å²) in [5, 5.41) is 6.68. The van der Waals surface area contributed by atoms with Crippen molar-refractivity contribution in [2.45, 2.75) is 46.0 Å². The van der Waals surface area contributed by atoms with E-state index in [-0.39, 0.29) is 24.3 Å². The first kappa shape index (κ1) is 26.3. The number of benzene rings is 1. The van der Waals surface area contributed by atoms with Gasteiger partial charge in [-0.25, -0.2) is 4.98 Å². The summed E-state index contributed by atoms with van der Waals surface area (Å²) >= 11 is 1.48. The van der Waals surface area contributed by atoms with Crippen molar-refractivity contribution in [3.05, 3.63) is 64.6 Å². The predicted octanol–water partition coefficient (Wildman–Crippen LogP) is 5.24. The van der Waals surface area contributed by atoms with Crippen molar-refractivity contribution in [2.24, 2.45) is 10.9 Å². The van der Waals surface area contributed by atoms with Crippen molar-refractivity contribution in [3.8, 4) is 11.3 Å². The van der Waals surface area contributed by atoms with Crippen molar-refractivity contribution < 1.29 is 9.59 Å². The number of anilines is 2. The second-order valence-electron chi connectivity index (χ2n) is 10.1. The van der Waals surface area contributed by atoms with Gasteiger partial charge < -0.3 is 15.5 Å². The molecule has 2 heterocycles. The molecule has 0 saturated carbocycles. The van der Waals surface area contributed by atoms with Crippen LogP contribution in [-0.4, -0.2) is 48.7 Å². The smallest absolute Gasteiger partial charge is 0.254 e. The van der Waals surface area contributed by atoms with Crippen molar-refractivity contribution in [1.29, 1.82) is 0 Å². The third kappa shape index (κ3) is 6.03. The molecule has 0 bridgehead atoms. The number of aryl methyl sites for hydroxylation is 1. The van der Waals surface area contributed by atoms with Gasteiger partial charge in [0.25, 0.3) is 5.91 Å². The summed E-state index contributed by atoms with van der Waals surface area (Å²) in [5.74, 6) is 0.236. The van der Waals surface area contributed by atoms with E-state index in [0.717, 1.165) is 64.4 Å². The van der Waals surface area contributed by atoms with E-state index in [1.165, 1.54) is 17.8 Å². The Balaban J connectivity index is 1.18. The Morgan fingerprint density at radius 1 is 1.24 bits per heavy atom. The Morgan fingerprint density at radius 2 is 2.13 bits per heavy atom. The molecule has 2 N–H and O–H groups in total. The molecule has 5 rings (SSSR count). The Kier molecular flexibility index (Phi) is 8.29. The fourth-order valence-corrected chi connectivity index (χ4v) is 5.99. The van der Waals surface area contributed by atoms with Crippen LogP contribution in [0.1, 0.15) is 43.0 Å². The van der Waals surface area contributed by atoms with Gasteiger partial charge >= 0.3 is 0 Å². The maximum Gasteiger partial charge on any atom is 0.254 e. The average molecular weight is 530 g/mol. The maximum absolute atomic E-state index is 13.2. The van der Waals surface area contributed by atoms with Crippen molar-refractivity contribution >= 4 is 39.7 Å². The van der Waals surface area contributed by atoms with Crippen molar-refractivity contribution in [2.75, 3.05) is 36.4 Å². The minimum absolute atomic E-state index is 0.107. The molecule has 7 nitrogen and oxygen atoms in total. The molecule has 0 spiro atoms. The molecule has 2 aliphatic carbocycles. The standard InChI is InChI=1S/C30H35N5O2S/c1-20-8-6-7-11-25(20)29(37)35-17-14-22-18-23(12-13-26(22)35)28-21(2)38-30(34-28)33-27(36)19-31-15-16-32-24-9-4-3-5-10-24/h4,6-7,9,11-13,18,20,31H,3,5,8,10,14-17,19H2,1-2H3,(H,33,34,36). The number of hydrogen-bond donors (Lipinski definition) is 2. The summed E-state index contributed by atoms with van der Waals surface area (Å²) in [5.41, 5.74) is 6.05.